The quantitative estimate of drug-likeness (QED) is 0.344. The summed E-state index contributed by atoms with van der Waals surface area (Å²) in [4.78, 5) is 10.1. The lowest BCUT2D eigenvalue weighted by Gasteiger charge is -2.06. The molecular weight excluding hydrogens is 212 g/mol. The van der Waals surface area contributed by atoms with Crippen molar-refractivity contribution in [3.05, 3.63) is 28.3 Å². The molecule has 0 spiro atoms. The molecule has 16 heavy (non-hydrogen) atoms. The van der Waals surface area contributed by atoms with Crippen molar-refractivity contribution in [2.75, 3.05) is 26.1 Å². The van der Waals surface area contributed by atoms with Gasteiger partial charge in [0.05, 0.1) is 17.6 Å². The third kappa shape index (κ3) is 3.39. The lowest BCUT2D eigenvalue weighted by molar-refractivity contribution is -0.384. The van der Waals surface area contributed by atoms with E-state index in [0.717, 1.165) is 6.42 Å². The second-order valence-corrected chi connectivity index (χ2v) is 3.17. The second-order valence-electron chi connectivity index (χ2n) is 3.17. The molecule has 0 radical (unpaired) electrons. The first-order chi connectivity index (χ1) is 7.65. The van der Waals surface area contributed by atoms with Gasteiger partial charge in [0.1, 0.15) is 11.4 Å². The van der Waals surface area contributed by atoms with Gasteiger partial charge in [-0.25, -0.2) is 0 Å². The molecule has 0 amide bonds. The van der Waals surface area contributed by atoms with Crippen molar-refractivity contribution in [2.45, 2.75) is 6.42 Å². The molecule has 0 saturated carbocycles. The van der Waals surface area contributed by atoms with Crippen molar-refractivity contribution >= 4 is 11.4 Å². The van der Waals surface area contributed by atoms with E-state index in [4.69, 9.17) is 15.2 Å². The zero-order valence-electron chi connectivity index (χ0n) is 9.01. The van der Waals surface area contributed by atoms with Gasteiger partial charge < -0.3 is 15.2 Å². The highest BCUT2D eigenvalue weighted by atomic mass is 16.6. The maximum Gasteiger partial charge on any atom is 0.295 e. The molecule has 0 bridgehead atoms. The van der Waals surface area contributed by atoms with Crippen molar-refractivity contribution in [1.29, 1.82) is 0 Å². The van der Waals surface area contributed by atoms with Gasteiger partial charge in [-0.15, -0.1) is 0 Å². The van der Waals surface area contributed by atoms with E-state index < -0.39 is 4.92 Å². The zero-order chi connectivity index (χ0) is 12.0. The summed E-state index contributed by atoms with van der Waals surface area (Å²) in [5, 5.41) is 10.6. The fourth-order valence-electron chi connectivity index (χ4n) is 1.16. The molecule has 6 nitrogen and oxygen atoms in total. The molecule has 2 N–H and O–H groups in total. The van der Waals surface area contributed by atoms with Gasteiger partial charge in [0, 0.05) is 20.1 Å². The molecular formula is C10H14N2O4. The van der Waals surface area contributed by atoms with Gasteiger partial charge in [-0.2, -0.15) is 0 Å². The van der Waals surface area contributed by atoms with Crippen molar-refractivity contribution in [3.8, 4) is 5.75 Å². The maximum atomic E-state index is 10.6. The number of nitrogens with two attached hydrogens (primary N) is 1. The molecule has 1 aromatic rings. The van der Waals surface area contributed by atoms with Crippen LogP contribution in [0.25, 0.3) is 0 Å². The number of benzene rings is 1. The number of anilines is 1. The Morgan fingerprint density at radius 1 is 1.44 bits per heavy atom. The average molecular weight is 226 g/mol. The van der Waals surface area contributed by atoms with Crippen LogP contribution in [-0.4, -0.2) is 25.2 Å². The lowest BCUT2D eigenvalue weighted by Crippen LogP contribution is -2.02. The molecule has 0 aliphatic heterocycles. The van der Waals surface area contributed by atoms with Crippen LogP contribution in [-0.2, 0) is 4.74 Å². The molecule has 0 atom stereocenters. The Morgan fingerprint density at radius 2 is 2.19 bits per heavy atom. The summed E-state index contributed by atoms with van der Waals surface area (Å²) in [5.74, 6) is 0.442. The summed E-state index contributed by atoms with van der Waals surface area (Å²) in [7, 11) is 1.61. The molecule has 0 aromatic heterocycles. The monoisotopic (exact) mass is 226 g/mol. The number of nitro benzene ring substituents is 1. The molecule has 88 valence electrons. The standard InChI is InChI=1S/C10H14N2O4/c1-15-5-2-6-16-8-3-4-9(11)10(7-8)12(13)14/h3-4,7H,2,5-6,11H2,1H3. The van der Waals surface area contributed by atoms with Crippen LogP contribution in [0.3, 0.4) is 0 Å². The Bertz CT molecular complexity index is 368. The molecule has 1 rings (SSSR count). The van der Waals surface area contributed by atoms with E-state index in [2.05, 4.69) is 0 Å². The summed E-state index contributed by atoms with van der Waals surface area (Å²) in [6.07, 6.45) is 0.731. The smallest absolute Gasteiger partial charge is 0.295 e. The van der Waals surface area contributed by atoms with E-state index in [1.807, 2.05) is 0 Å². The maximum absolute atomic E-state index is 10.6. The van der Waals surface area contributed by atoms with Crippen LogP contribution in [0.15, 0.2) is 18.2 Å². The normalized spacial score (nSPS) is 10.1. The van der Waals surface area contributed by atoms with Gasteiger partial charge in [0.2, 0.25) is 0 Å². The molecule has 0 fully saturated rings. The highest BCUT2D eigenvalue weighted by molar-refractivity contribution is 5.60. The Hall–Kier alpha value is -1.82. The number of ether oxygens (including phenoxy) is 2. The Balaban J connectivity index is 2.61. The van der Waals surface area contributed by atoms with E-state index in [-0.39, 0.29) is 11.4 Å². The van der Waals surface area contributed by atoms with Crippen LogP contribution in [0.1, 0.15) is 6.42 Å². The van der Waals surface area contributed by atoms with E-state index in [1.165, 1.54) is 12.1 Å². The summed E-state index contributed by atoms with van der Waals surface area (Å²) < 4.78 is 10.2. The molecule has 0 unspecified atom stereocenters. The number of methoxy groups -OCH3 is 1. The van der Waals surface area contributed by atoms with E-state index in [9.17, 15) is 10.1 Å². The van der Waals surface area contributed by atoms with E-state index in [0.29, 0.717) is 19.0 Å². The predicted molar refractivity (Wildman–Crippen MR) is 59.5 cm³/mol. The van der Waals surface area contributed by atoms with Crippen LogP contribution in [0.2, 0.25) is 0 Å². The third-order valence-corrected chi connectivity index (χ3v) is 1.96. The van der Waals surface area contributed by atoms with Gasteiger partial charge in [0.25, 0.3) is 5.69 Å². The number of nitrogens with zero attached hydrogens (tertiary/aromatic N) is 1. The number of hydrogen-bond acceptors (Lipinski definition) is 5. The summed E-state index contributed by atoms with van der Waals surface area (Å²) in [6.45, 7) is 1.05. The van der Waals surface area contributed by atoms with Crippen LogP contribution >= 0.6 is 0 Å². The highest BCUT2D eigenvalue weighted by Gasteiger charge is 2.12. The molecule has 0 saturated heterocycles. The SMILES string of the molecule is COCCCOc1ccc(N)c([N+](=O)[O-])c1. The lowest BCUT2D eigenvalue weighted by atomic mass is 10.2. The van der Waals surface area contributed by atoms with Gasteiger partial charge in [-0.3, -0.25) is 10.1 Å². The number of rotatable bonds is 6. The Kier molecular flexibility index (Phi) is 4.53. The van der Waals surface area contributed by atoms with Crippen LogP contribution in [0, 0.1) is 10.1 Å². The molecule has 6 heteroatoms. The van der Waals surface area contributed by atoms with Gasteiger partial charge in [-0.05, 0) is 12.1 Å². The van der Waals surface area contributed by atoms with E-state index >= 15 is 0 Å². The number of nitro groups is 1. The van der Waals surface area contributed by atoms with Gasteiger partial charge in [-0.1, -0.05) is 0 Å². The average Bonchev–Trinajstić information content (AvgIpc) is 2.26. The summed E-state index contributed by atoms with van der Waals surface area (Å²) in [6, 6.07) is 4.39. The molecule has 0 aliphatic carbocycles. The first-order valence-electron chi connectivity index (χ1n) is 4.81. The van der Waals surface area contributed by atoms with E-state index in [1.54, 1.807) is 13.2 Å². The first kappa shape index (κ1) is 12.3. The van der Waals surface area contributed by atoms with Crippen molar-refractivity contribution in [2.24, 2.45) is 0 Å². The van der Waals surface area contributed by atoms with Crippen LogP contribution in [0.5, 0.6) is 5.75 Å². The molecule has 0 heterocycles. The van der Waals surface area contributed by atoms with Gasteiger partial charge >= 0.3 is 0 Å². The predicted octanol–water partition coefficient (Wildman–Crippen LogP) is 1.59. The minimum Gasteiger partial charge on any atom is -0.493 e. The van der Waals surface area contributed by atoms with Crippen molar-refractivity contribution in [3.63, 3.8) is 0 Å². The summed E-state index contributed by atoms with van der Waals surface area (Å²) in [5.41, 5.74) is 5.45. The zero-order valence-corrected chi connectivity index (χ0v) is 9.01. The molecule has 1 aromatic carbocycles. The topological polar surface area (TPSA) is 87.6 Å². The van der Waals surface area contributed by atoms with Crippen LogP contribution in [0.4, 0.5) is 11.4 Å². The van der Waals surface area contributed by atoms with Crippen molar-refractivity contribution in [1.82, 2.24) is 0 Å². The Morgan fingerprint density at radius 3 is 2.81 bits per heavy atom. The minimum absolute atomic E-state index is 0.134. The second kappa shape index (κ2) is 5.92. The fourth-order valence-corrected chi connectivity index (χ4v) is 1.16. The third-order valence-electron chi connectivity index (χ3n) is 1.96. The fraction of sp³-hybridized carbons (Fsp3) is 0.400. The summed E-state index contributed by atoms with van der Waals surface area (Å²) >= 11 is 0. The van der Waals surface area contributed by atoms with Crippen molar-refractivity contribution < 1.29 is 14.4 Å². The number of hydrogen-bond donors (Lipinski definition) is 1. The van der Waals surface area contributed by atoms with Gasteiger partial charge in [0.15, 0.2) is 0 Å². The number of nitrogen functional groups attached to an aromatic ring is 1. The Labute approximate surface area is 93.1 Å². The minimum atomic E-state index is -0.530. The molecule has 0 aliphatic rings. The first-order valence-corrected chi connectivity index (χ1v) is 4.81. The highest BCUT2D eigenvalue weighted by Crippen LogP contribution is 2.26. The van der Waals surface area contributed by atoms with Crippen LogP contribution < -0.4 is 10.5 Å². The largest absolute Gasteiger partial charge is 0.493 e.